The highest BCUT2D eigenvalue weighted by molar-refractivity contribution is 7.59. The molecule has 42 valence electrons. The lowest BCUT2D eigenvalue weighted by atomic mass is 10.3. The van der Waals surface area contributed by atoms with E-state index in [4.69, 9.17) is 0 Å². The fourth-order valence-corrected chi connectivity index (χ4v) is 0.348. The van der Waals surface area contributed by atoms with Gasteiger partial charge in [0, 0.05) is 13.5 Å². The Hall–Kier alpha value is 0.0900. The van der Waals surface area contributed by atoms with Gasteiger partial charge in [0.1, 0.15) is 0 Å². The average molecular weight is 116 g/mol. The van der Waals surface area contributed by atoms with Crippen LogP contribution in [0.5, 0.6) is 0 Å². The zero-order chi connectivity index (χ0) is 4.83. The lowest BCUT2D eigenvalue weighted by Crippen LogP contribution is -1.61. The van der Waals surface area contributed by atoms with E-state index in [9.17, 15) is 0 Å². The summed E-state index contributed by atoms with van der Waals surface area (Å²) in [6, 6.07) is 0. The summed E-state index contributed by atoms with van der Waals surface area (Å²) >= 11 is 0. The summed E-state index contributed by atoms with van der Waals surface area (Å²) in [6.45, 7) is 5.78. The highest BCUT2D eigenvalue weighted by atomic mass is 32.1. The number of rotatable bonds is 3. The first kappa shape index (κ1) is 10.1. The van der Waals surface area contributed by atoms with Gasteiger partial charge in [-0.3, -0.25) is 0 Å². The minimum atomic E-state index is 0. The van der Waals surface area contributed by atoms with E-state index >= 15 is 0 Å². The molecule has 0 aliphatic carbocycles. The van der Waals surface area contributed by atoms with Crippen molar-refractivity contribution in [3.63, 3.8) is 0 Å². The number of unbranched alkanes of at least 4 members (excludes halogenated alkanes) is 2. The number of hydrogen-bond acceptors (Lipinski definition) is 0. The van der Waals surface area contributed by atoms with Gasteiger partial charge in [0.2, 0.25) is 0 Å². The van der Waals surface area contributed by atoms with E-state index in [1.165, 1.54) is 19.3 Å². The second kappa shape index (κ2) is 9.43. The molecule has 0 saturated carbocycles. The molecule has 0 fully saturated rings. The van der Waals surface area contributed by atoms with Crippen LogP contribution in [-0.4, -0.2) is 0 Å². The molecule has 0 rings (SSSR count). The Morgan fingerprint density at radius 2 is 2.14 bits per heavy atom. The second-order valence-electron chi connectivity index (χ2n) is 1.43. The quantitative estimate of drug-likeness (QED) is 0.393. The van der Waals surface area contributed by atoms with E-state index in [1.54, 1.807) is 0 Å². The molecular weight excluding hydrogens is 104 g/mol. The van der Waals surface area contributed by atoms with Crippen LogP contribution in [0.3, 0.4) is 0 Å². The molecule has 2 radical (unpaired) electrons. The standard InChI is InChI=1S/C6H12.S/c1-3-5-6-4-2;/h3H,1,4-6H2,2H3;. The number of hydrogen-bond donors (Lipinski definition) is 0. The zero-order valence-corrected chi connectivity index (χ0v) is 5.63. The summed E-state index contributed by atoms with van der Waals surface area (Å²) in [5.41, 5.74) is 0. The molecule has 0 spiro atoms. The van der Waals surface area contributed by atoms with Crippen molar-refractivity contribution in [3.05, 3.63) is 12.7 Å². The predicted molar refractivity (Wildman–Crippen MR) is 37.3 cm³/mol. The molecule has 0 aliphatic heterocycles. The maximum atomic E-state index is 3.60. The van der Waals surface area contributed by atoms with Crippen molar-refractivity contribution in [2.45, 2.75) is 26.2 Å². The minimum absolute atomic E-state index is 0. The molecule has 0 nitrogen and oxygen atoms in total. The molecule has 0 atom stereocenters. The topological polar surface area (TPSA) is 0 Å². The van der Waals surface area contributed by atoms with Crippen molar-refractivity contribution >= 4 is 13.5 Å². The van der Waals surface area contributed by atoms with Gasteiger partial charge in [-0.25, -0.2) is 0 Å². The van der Waals surface area contributed by atoms with Crippen molar-refractivity contribution in [1.82, 2.24) is 0 Å². The fraction of sp³-hybridized carbons (Fsp3) is 0.667. The van der Waals surface area contributed by atoms with Crippen molar-refractivity contribution in [2.24, 2.45) is 0 Å². The fourth-order valence-electron chi connectivity index (χ4n) is 0.348. The van der Waals surface area contributed by atoms with Gasteiger partial charge in [-0.2, -0.15) is 0 Å². The van der Waals surface area contributed by atoms with Gasteiger partial charge in [-0.1, -0.05) is 25.8 Å². The average Bonchev–Trinajstić information content (AvgIpc) is 1.61. The highest BCUT2D eigenvalue weighted by Crippen LogP contribution is 1.91. The van der Waals surface area contributed by atoms with Gasteiger partial charge in [-0.15, -0.1) is 6.58 Å². The Morgan fingerprint density at radius 1 is 1.57 bits per heavy atom. The SMILES string of the molecule is C=CCCCC.[S]. The third-order valence-corrected chi connectivity index (χ3v) is 0.762. The van der Waals surface area contributed by atoms with Crippen LogP contribution in [0.25, 0.3) is 0 Å². The Labute approximate surface area is 53.1 Å². The maximum absolute atomic E-state index is 3.60. The summed E-state index contributed by atoms with van der Waals surface area (Å²) < 4.78 is 0. The van der Waals surface area contributed by atoms with Gasteiger partial charge in [-0.05, 0) is 6.42 Å². The van der Waals surface area contributed by atoms with Crippen molar-refractivity contribution < 1.29 is 0 Å². The molecule has 0 aromatic heterocycles. The molecule has 1 heteroatoms. The summed E-state index contributed by atoms with van der Waals surface area (Å²) in [5, 5.41) is 0. The van der Waals surface area contributed by atoms with E-state index in [0.717, 1.165) is 0 Å². The lowest BCUT2D eigenvalue weighted by molar-refractivity contribution is 0.816. The van der Waals surface area contributed by atoms with Gasteiger partial charge < -0.3 is 0 Å². The molecule has 0 unspecified atom stereocenters. The summed E-state index contributed by atoms with van der Waals surface area (Å²) in [4.78, 5) is 0. The van der Waals surface area contributed by atoms with E-state index < -0.39 is 0 Å². The smallest absolute Gasteiger partial charge is 0 e. The van der Waals surface area contributed by atoms with Crippen LogP contribution in [0.4, 0.5) is 0 Å². The normalized spacial score (nSPS) is 7.00. The maximum Gasteiger partial charge on any atom is 0 e. The lowest BCUT2D eigenvalue weighted by Gasteiger charge is -1.81. The molecular formula is C6H12S. The third kappa shape index (κ3) is 10.7. The van der Waals surface area contributed by atoms with Crippen LogP contribution >= 0.6 is 13.5 Å². The zero-order valence-electron chi connectivity index (χ0n) is 4.81. The summed E-state index contributed by atoms with van der Waals surface area (Å²) in [5.74, 6) is 0. The third-order valence-electron chi connectivity index (χ3n) is 0.762. The Morgan fingerprint density at radius 3 is 2.29 bits per heavy atom. The van der Waals surface area contributed by atoms with Crippen LogP contribution < -0.4 is 0 Å². The Balaban J connectivity index is 0. The monoisotopic (exact) mass is 116 g/mol. The van der Waals surface area contributed by atoms with Gasteiger partial charge in [0.25, 0.3) is 0 Å². The molecule has 0 aromatic carbocycles. The molecule has 0 saturated heterocycles. The first-order chi connectivity index (χ1) is 2.91. The molecule has 0 amide bonds. The van der Waals surface area contributed by atoms with Crippen LogP contribution in [0.2, 0.25) is 0 Å². The van der Waals surface area contributed by atoms with Crippen LogP contribution in [0, 0.1) is 0 Å². The summed E-state index contributed by atoms with van der Waals surface area (Å²) in [6.07, 6.45) is 5.72. The van der Waals surface area contributed by atoms with Crippen molar-refractivity contribution in [3.8, 4) is 0 Å². The Kier molecular flexibility index (Phi) is 13.7. The number of allylic oxidation sites excluding steroid dienone is 1. The van der Waals surface area contributed by atoms with Crippen LogP contribution in [0.15, 0.2) is 12.7 Å². The first-order valence-electron chi connectivity index (χ1n) is 2.52. The van der Waals surface area contributed by atoms with Gasteiger partial charge >= 0.3 is 0 Å². The summed E-state index contributed by atoms with van der Waals surface area (Å²) in [7, 11) is 0. The van der Waals surface area contributed by atoms with E-state index in [2.05, 4.69) is 13.5 Å². The van der Waals surface area contributed by atoms with E-state index in [1.807, 2.05) is 6.08 Å². The second-order valence-corrected chi connectivity index (χ2v) is 1.43. The van der Waals surface area contributed by atoms with Crippen LogP contribution in [-0.2, 0) is 0 Å². The van der Waals surface area contributed by atoms with Gasteiger partial charge in [0.15, 0.2) is 0 Å². The minimum Gasteiger partial charge on any atom is -0.103 e. The van der Waals surface area contributed by atoms with Gasteiger partial charge in [0.05, 0.1) is 0 Å². The van der Waals surface area contributed by atoms with Crippen LogP contribution in [0.1, 0.15) is 26.2 Å². The van der Waals surface area contributed by atoms with Crippen molar-refractivity contribution in [1.29, 1.82) is 0 Å². The molecule has 0 N–H and O–H groups in total. The molecule has 0 aromatic rings. The highest BCUT2D eigenvalue weighted by Gasteiger charge is 1.71. The predicted octanol–water partition coefficient (Wildman–Crippen LogP) is 3.01. The molecule has 7 heavy (non-hydrogen) atoms. The molecule has 0 bridgehead atoms. The molecule has 0 aliphatic rings. The molecule has 0 heterocycles. The van der Waals surface area contributed by atoms with E-state index in [-0.39, 0.29) is 13.5 Å². The Bertz CT molecular complexity index is 33.2. The van der Waals surface area contributed by atoms with Crippen molar-refractivity contribution in [2.75, 3.05) is 0 Å². The van der Waals surface area contributed by atoms with E-state index in [0.29, 0.717) is 0 Å². The largest absolute Gasteiger partial charge is 0.103 e. The first-order valence-corrected chi connectivity index (χ1v) is 2.52.